The highest BCUT2D eigenvalue weighted by molar-refractivity contribution is 7.16. The zero-order valence-electron chi connectivity index (χ0n) is 24.3. The van der Waals surface area contributed by atoms with Crippen molar-refractivity contribution in [3.8, 4) is 17.6 Å². The largest absolute Gasteiger partial charge is 0.490 e. The van der Waals surface area contributed by atoms with Gasteiger partial charge in [-0.3, -0.25) is 4.79 Å². The summed E-state index contributed by atoms with van der Waals surface area (Å²) in [5, 5.41) is 13.6. The highest BCUT2D eigenvalue weighted by Gasteiger charge is 2.32. The number of aliphatic imine (C=N–C) groups is 1. The third-order valence-corrected chi connectivity index (χ3v) is 8.56. The lowest BCUT2D eigenvalue weighted by Crippen LogP contribution is -2.26. The number of nitrogens with one attached hydrogen (secondary N) is 1. The van der Waals surface area contributed by atoms with Crippen molar-refractivity contribution >= 4 is 34.1 Å². The number of carbonyl (C=O) groups is 1. The molecule has 1 aliphatic carbocycles. The van der Waals surface area contributed by atoms with Gasteiger partial charge in [0.1, 0.15) is 11.1 Å². The lowest BCUT2D eigenvalue weighted by molar-refractivity contribution is -0.118. The van der Waals surface area contributed by atoms with Crippen LogP contribution in [0.4, 0.5) is 10.7 Å². The van der Waals surface area contributed by atoms with E-state index in [9.17, 15) is 10.1 Å². The molecule has 0 fully saturated rings. The van der Waals surface area contributed by atoms with E-state index in [1.165, 1.54) is 10.4 Å². The number of hydrogen-bond donors (Lipinski definition) is 1. The number of anilines is 1. The summed E-state index contributed by atoms with van der Waals surface area (Å²) in [5.41, 5.74) is 4.83. The van der Waals surface area contributed by atoms with Gasteiger partial charge in [-0.25, -0.2) is 4.99 Å². The predicted molar refractivity (Wildman–Crippen MR) is 164 cm³/mol. The van der Waals surface area contributed by atoms with Crippen molar-refractivity contribution in [2.75, 3.05) is 18.5 Å². The monoisotopic (exact) mass is 557 g/mol. The summed E-state index contributed by atoms with van der Waals surface area (Å²) in [6, 6.07) is 15.7. The Labute approximate surface area is 242 Å². The molecule has 1 aliphatic rings. The third-order valence-electron chi connectivity index (χ3n) is 7.40. The van der Waals surface area contributed by atoms with Gasteiger partial charge in [0.05, 0.1) is 12.2 Å². The number of benzene rings is 2. The summed E-state index contributed by atoms with van der Waals surface area (Å²) in [6.45, 7) is 13.3. The molecule has 4 rings (SSSR count). The van der Waals surface area contributed by atoms with Crippen molar-refractivity contribution in [2.45, 2.75) is 66.7 Å². The summed E-state index contributed by atoms with van der Waals surface area (Å²) in [4.78, 5) is 18.7. The van der Waals surface area contributed by atoms with Gasteiger partial charge in [-0.05, 0) is 84.4 Å². The second kappa shape index (κ2) is 12.7. The number of fused-ring (bicyclic) bond motifs is 1. The number of rotatable bonds is 9. The summed E-state index contributed by atoms with van der Waals surface area (Å²) >= 11 is 1.64. The van der Waals surface area contributed by atoms with Crippen LogP contribution in [0.2, 0.25) is 0 Å². The zero-order chi connectivity index (χ0) is 28.9. The second-order valence-corrected chi connectivity index (χ2v) is 12.7. The fourth-order valence-electron chi connectivity index (χ4n) is 5.09. The van der Waals surface area contributed by atoms with E-state index in [1.807, 2.05) is 43.3 Å². The van der Waals surface area contributed by atoms with E-state index in [0.717, 1.165) is 41.1 Å². The molecule has 3 aromatic rings. The summed E-state index contributed by atoms with van der Waals surface area (Å²) in [5.74, 6) is 1.70. The smallest absolute Gasteiger partial charge is 0.262 e. The Morgan fingerprint density at radius 3 is 2.67 bits per heavy atom. The van der Waals surface area contributed by atoms with Crippen molar-refractivity contribution in [2.24, 2.45) is 16.3 Å². The summed E-state index contributed by atoms with van der Waals surface area (Å²) < 4.78 is 11.7. The Balaban J connectivity index is 1.47. The number of amides is 1. The minimum atomic E-state index is -0.236. The number of thiophene rings is 1. The number of para-hydroxylation sites is 1. The average molecular weight is 558 g/mol. The van der Waals surface area contributed by atoms with Crippen molar-refractivity contribution in [1.29, 1.82) is 5.26 Å². The molecule has 6 nitrogen and oxygen atoms in total. The van der Waals surface area contributed by atoms with Gasteiger partial charge in [0.15, 0.2) is 18.1 Å². The molecule has 1 N–H and O–H groups in total. The molecule has 0 saturated heterocycles. The van der Waals surface area contributed by atoms with Crippen LogP contribution in [0.25, 0.3) is 0 Å². The molecule has 0 unspecified atom stereocenters. The Bertz CT molecular complexity index is 1430. The molecule has 1 atom stereocenters. The minimum Gasteiger partial charge on any atom is -0.490 e. The van der Waals surface area contributed by atoms with Crippen LogP contribution in [-0.4, -0.2) is 25.3 Å². The first-order chi connectivity index (χ1) is 19.1. The van der Waals surface area contributed by atoms with Crippen molar-refractivity contribution < 1.29 is 14.3 Å². The standard InChI is InChI=1S/C33H39N3O3S/c1-7-38-29-16-22(12-15-28(29)39-20-31(37)36-27-11-9-8-10-24(27)21(2)3)19-35-32-26(18-34)25-14-13-23(33(4,5)6)17-30(25)40-32/h8-12,15-16,19,21,23H,7,13-14,17,20H2,1-6H3,(H,36,37)/t23-/m1/s1. The van der Waals surface area contributed by atoms with E-state index in [1.54, 1.807) is 23.6 Å². The quantitative estimate of drug-likeness (QED) is 0.270. The van der Waals surface area contributed by atoms with Crippen LogP contribution in [-0.2, 0) is 17.6 Å². The maximum Gasteiger partial charge on any atom is 0.262 e. The van der Waals surface area contributed by atoms with Gasteiger partial charge >= 0.3 is 0 Å². The Morgan fingerprint density at radius 2 is 1.98 bits per heavy atom. The molecule has 2 aromatic carbocycles. The maximum absolute atomic E-state index is 12.7. The molecule has 1 aromatic heterocycles. The van der Waals surface area contributed by atoms with Gasteiger partial charge in [-0.1, -0.05) is 52.8 Å². The van der Waals surface area contributed by atoms with Gasteiger partial charge in [0, 0.05) is 16.8 Å². The highest BCUT2D eigenvalue weighted by Crippen LogP contribution is 2.45. The maximum atomic E-state index is 12.7. The van der Waals surface area contributed by atoms with Gasteiger partial charge in [0.25, 0.3) is 5.91 Å². The molecule has 0 aliphatic heterocycles. The van der Waals surface area contributed by atoms with Crippen LogP contribution in [0, 0.1) is 22.7 Å². The molecule has 7 heteroatoms. The zero-order valence-corrected chi connectivity index (χ0v) is 25.2. The van der Waals surface area contributed by atoms with Crippen LogP contribution in [0.5, 0.6) is 11.5 Å². The van der Waals surface area contributed by atoms with E-state index in [-0.39, 0.29) is 17.9 Å². The number of nitrogens with zero attached hydrogens (tertiary/aromatic N) is 2. The molecule has 0 spiro atoms. The van der Waals surface area contributed by atoms with Crippen molar-refractivity contribution in [3.05, 3.63) is 69.6 Å². The lowest BCUT2D eigenvalue weighted by Gasteiger charge is -2.33. The topological polar surface area (TPSA) is 83.7 Å². The van der Waals surface area contributed by atoms with E-state index in [0.29, 0.717) is 35.5 Å². The number of carbonyl (C=O) groups excluding carboxylic acids is 1. The number of ether oxygens (including phenoxy) is 2. The van der Waals surface area contributed by atoms with Crippen LogP contribution in [0.15, 0.2) is 47.5 Å². The highest BCUT2D eigenvalue weighted by atomic mass is 32.1. The summed E-state index contributed by atoms with van der Waals surface area (Å²) in [6.07, 6.45) is 4.81. The molecule has 210 valence electrons. The third kappa shape index (κ3) is 6.92. The number of nitriles is 1. The van der Waals surface area contributed by atoms with E-state index < -0.39 is 0 Å². The van der Waals surface area contributed by atoms with Crippen molar-refractivity contribution in [3.63, 3.8) is 0 Å². The van der Waals surface area contributed by atoms with Gasteiger partial charge in [0.2, 0.25) is 0 Å². The summed E-state index contributed by atoms with van der Waals surface area (Å²) in [7, 11) is 0. The van der Waals surface area contributed by atoms with Crippen LogP contribution >= 0.6 is 11.3 Å². The lowest BCUT2D eigenvalue weighted by atomic mass is 9.72. The SMILES string of the molecule is CCOc1cc(C=Nc2sc3c(c2C#N)CC[C@@H](C(C)(C)C)C3)ccc1OCC(=O)Nc1ccccc1C(C)C. The molecular formula is C33H39N3O3S. The van der Waals surface area contributed by atoms with Crippen LogP contribution in [0.1, 0.15) is 81.0 Å². The fraction of sp³-hybridized carbons (Fsp3) is 0.424. The van der Waals surface area contributed by atoms with Gasteiger partial charge in [-0.2, -0.15) is 5.26 Å². The Kier molecular flexibility index (Phi) is 9.32. The number of hydrogen-bond acceptors (Lipinski definition) is 6. The first kappa shape index (κ1) is 29.4. The first-order valence-electron chi connectivity index (χ1n) is 14.0. The molecule has 1 amide bonds. The average Bonchev–Trinajstić information content (AvgIpc) is 3.28. The normalized spacial score (nSPS) is 15.1. The van der Waals surface area contributed by atoms with E-state index in [2.05, 4.69) is 46.0 Å². The van der Waals surface area contributed by atoms with Crippen LogP contribution in [0.3, 0.4) is 0 Å². The molecule has 40 heavy (non-hydrogen) atoms. The van der Waals surface area contributed by atoms with Crippen molar-refractivity contribution in [1.82, 2.24) is 0 Å². The predicted octanol–water partition coefficient (Wildman–Crippen LogP) is 8.06. The first-order valence-corrected chi connectivity index (χ1v) is 14.8. The molecule has 1 heterocycles. The van der Waals surface area contributed by atoms with Crippen LogP contribution < -0.4 is 14.8 Å². The molecule has 0 radical (unpaired) electrons. The minimum absolute atomic E-state index is 0.137. The van der Waals surface area contributed by atoms with Gasteiger partial charge in [-0.15, -0.1) is 11.3 Å². The second-order valence-electron chi connectivity index (χ2n) is 11.6. The van der Waals surface area contributed by atoms with Gasteiger partial charge < -0.3 is 14.8 Å². The molecule has 0 bridgehead atoms. The molecule has 0 saturated carbocycles. The van der Waals surface area contributed by atoms with E-state index >= 15 is 0 Å². The Hall–Kier alpha value is -3.63. The Morgan fingerprint density at radius 1 is 1.20 bits per heavy atom. The fourth-order valence-corrected chi connectivity index (χ4v) is 6.31. The molecular weight excluding hydrogens is 518 g/mol. The van der Waals surface area contributed by atoms with E-state index in [4.69, 9.17) is 14.5 Å².